The summed E-state index contributed by atoms with van der Waals surface area (Å²) in [5.74, 6) is 2.64. The fourth-order valence-electron chi connectivity index (χ4n) is 1.77. The van der Waals surface area contributed by atoms with Crippen LogP contribution in [0.25, 0.3) is 0 Å². The largest absolute Gasteiger partial charge is 0.389 e. The van der Waals surface area contributed by atoms with Gasteiger partial charge in [-0.3, -0.25) is 0 Å². The Morgan fingerprint density at radius 1 is 1.20 bits per heavy atom. The van der Waals surface area contributed by atoms with Gasteiger partial charge in [0.1, 0.15) is 17.5 Å². The normalized spacial score (nSPS) is 12.6. The molecule has 1 heterocycles. The van der Waals surface area contributed by atoms with Crippen molar-refractivity contribution in [3.8, 4) is 0 Å². The van der Waals surface area contributed by atoms with E-state index in [0.717, 1.165) is 29.6 Å². The van der Waals surface area contributed by atoms with Crippen LogP contribution in [0.15, 0.2) is 0 Å². The molecule has 114 valence electrons. The van der Waals surface area contributed by atoms with Crippen molar-refractivity contribution in [2.24, 2.45) is 0 Å². The average molecular weight is 282 g/mol. The van der Waals surface area contributed by atoms with Crippen molar-refractivity contribution in [2.75, 3.05) is 37.4 Å². The first-order valence-electron chi connectivity index (χ1n) is 7.02. The van der Waals surface area contributed by atoms with Crippen LogP contribution in [0.1, 0.15) is 38.1 Å². The first-order valence-corrected chi connectivity index (χ1v) is 7.02. The van der Waals surface area contributed by atoms with Gasteiger partial charge < -0.3 is 20.5 Å². The maximum atomic E-state index is 9.71. The highest BCUT2D eigenvalue weighted by Gasteiger charge is 2.13. The zero-order valence-electron chi connectivity index (χ0n) is 13.0. The van der Waals surface area contributed by atoms with Crippen LogP contribution in [0.2, 0.25) is 0 Å². The Morgan fingerprint density at radius 3 is 2.30 bits per heavy atom. The van der Waals surface area contributed by atoms with Gasteiger partial charge in [0.05, 0.1) is 12.7 Å². The third kappa shape index (κ3) is 4.61. The number of nitrogens with one attached hydrogen (secondary N) is 2. The molecule has 0 aliphatic heterocycles. The minimum Gasteiger partial charge on any atom is -0.389 e. The SMILES string of the molecule is CCNc1nc(C(C)C)nc(NCC(O)COC)c1C. The van der Waals surface area contributed by atoms with E-state index >= 15 is 0 Å². The molecule has 0 saturated carbocycles. The fraction of sp³-hybridized carbons (Fsp3) is 0.714. The van der Waals surface area contributed by atoms with Gasteiger partial charge in [0.2, 0.25) is 0 Å². The Kier molecular flexibility index (Phi) is 6.67. The molecular formula is C14H26N4O2. The van der Waals surface area contributed by atoms with E-state index in [2.05, 4.69) is 34.4 Å². The second kappa shape index (κ2) is 8.01. The van der Waals surface area contributed by atoms with Gasteiger partial charge in [-0.15, -0.1) is 0 Å². The van der Waals surface area contributed by atoms with Gasteiger partial charge in [0.25, 0.3) is 0 Å². The molecule has 3 N–H and O–H groups in total. The van der Waals surface area contributed by atoms with Gasteiger partial charge >= 0.3 is 0 Å². The van der Waals surface area contributed by atoms with Gasteiger partial charge in [-0.2, -0.15) is 0 Å². The Morgan fingerprint density at radius 2 is 1.80 bits per heavy atom. The summed E-state index contributed by atoms with van der Waals surface area (Å²) in [6, 6.07) is 0. The standard InChI is InChI=1S/C14H26N4O2/c1-6-15-13-10(4)14(16-7-11(19)8-20-5)18-12(17-13)9(2)3/h9,11,19H,6-8H2,1-5H3,(H2,15,16,17,18). The lowest BCUT2D eigenvalue weighted by Gasteiger charge is -2.17. The summed E-state index contributed by atoms with van der Waals surface area (Å²) in [5.41, 5.74) is 0.959. The van der Waals surface area contributed by atoms with Crippen LogP contribution < -0.4 is 10.6 Å². The summed E-state index contributed by atoms with van der Waals surface area (Å²) in [6.07, 6.45) is -0.556. The highest BCUT2D eigenvalue weighted by molar-refractivity contribution is 5.57. The maximum absolute atomic E-state index is 9.71. The minimum absolute atomic E-state index is 0.248. The first-order chi connectivity index (χ1) is 9.49. The van der Waals surface area contributed by atoms with Crippen LogP contribution in [-0.4, -0.2) is 48.0 Å². The van der Waals surface area contributed by atoms with Gasteiger partial charge in [0.15, 0.2) is 0 Å². The lowest BCUT2D eigenvalue weighted by molar-refractivity contribution is 0.0727. The van der Waals surface area contributed by atoms with Crippen molar-refractivity contribution in [1.29, 1.82) is 0 Å². The molecule has 1 unspecified atom stereocenters. The molecule has 0 aliphatic carbocycles. The first kappa shape index (κ1) is 16.7. The van der Waals surface area contributed by atoms with Gasteiger partial charge in [-0.1, -0.05) is 13.8 Å². The van der Waals surface area contributed by atoms with Crippen molar-refractivity contribution in [3.63, 3.8) is 0 Å². The topological polar surface area (TPSA) is 79.3 Å². The smallest absolute Gasteiger partial charge is 0.135 e. The second-order valence-corrected chi connectivity index (χ2v) is 5.08. The molecule has 1 aromatic heterocycles. The Bertz CT molecular complexity index is 424. The average Bonchev–Trinajstić information content (AvgIpc) is 2.40. The van der Waals surface area contributed by atoms with Crippen molar-refractivity contribution in [3.05, 3.63) is 11.4 Å². The molecule has 0 aliphatic rings. The molecule has 0 aromatic carbocycles. The molecule has 0 radical (unpaired) electrons. The molecule has 6 nitrogen and oxygen atoms in total. The van der Waals surface area contributed by atoms with Crippen molar-refractivity contribution in [1.82, 2.24) is 9.97 Å². The Labute approximate surface area is 121 Å². The summed E-state index contributed by atoms with van der Waals surface area (Å²) < 4.78 is 4.91. The number of anilines is 2. The molecule has 20 heavy (non-hydrogen) atoms. The van der Waals surface area contributed by atoms with Crippen LogP contribution in [0.5, 0.6) is 0 Å². The number of aliphatic hydroxyl groups excluding tert-OH is 1. The van der Waals surface area contributed by atoms with E-state index < -0.39 is 6.10 Å². The third-order valence-corrected chi connectivity index (χ3v) is 2.89. The van der Waals surface area contributed by atoms with E-state index in [1.807, 2.05) is 13.8 Å². The number of hydrogen-bond donors (Lipinski definition) is 3. The zero-order valence-corrected chi connectivity index (χ0v) is 13.0. The molecule has 0 bridgehead atoms. The van der Waals surface area contributed by atoms with Gasteiger partial charge in [0, 0.05) is 31.7 Å². The second-order valence-electron chi connectivity index (χ2n) is 5.08. The third-order valence-electron chi connectivity index (χ3n) is 2.89. The van der Waals surface area contributed by atoms with Crippen LogP contribution >= 0.6 is 0 Å². The molecule has 0 saturated heterocycles. The quantitative estimate of drug-likeness (QED) is 0.674. The summed E-state index contributed by atoms with van der Waals surface area (Å²) in [5, 5.41) is 16.1. The number of aliphatic hydroxyl groups is 1. The molecular weight excluding hydrogens is 256 g/mol. The van der Waals surface area contributed by atoms with Crippen LogP contribution in [-0.2, 0) is 4.74 Å². The predicted octanol–water partition coefficient (Wildman–Crippen LogP) is 1.76. The van der Waals surface area contributed by atoms with Gasteiger partial charge in [-0.25, -0.2) is 9.97 Å². The van der Waals surface area contributed by atoms with Crippen molar-refractivity contribution >= 4 is 11.6 Å². The highest BCUT2D eigenvalue weighted by atomic mass is 16.5. The number of hydrogen-bond acceptors (Lipinski definition) is 6. The van der Waals surface area contributed by atoms with E-state index in [-0.39, 0.29) is 5.92 Å². The molecule has 6 heteroatoms. The maximum Gasteiger partial charge on any atom is 0.135 e. The van der Waals surface area contributed by atoms with Crippen molar-refractivity contribution < 1.29 is 9.84 Å². The van der Waals surface area contributed by atoms with Crippen LogP contribution in [0.3, 0.4) is 0 Å². The summed E-state index contributed by atoms with van der Waals surface area (Å²) >= 11 is 0. The molecule has 0 amide bonds. The summed E-state index contributed by atoms with van der Waals surface area (Å²) in [4.78, 5) is 9.07. The molecule has 0 spiro atoms. The lowest BCUT2D eigenvalue weighted by Crippen LogP contribution is -2.25. The molecule has 1 aromatic rings. The molecule has 1 atom stereocenters. The number of nitrogens with zero attached hydrogens (tertiary/aromatic N) is 2. The zero-order chi connectivity index (χ0) is 15.1. The lowest BCUT2D eigenvalue weighted by atomic mass is 10.2. The highest BCUT2D eigenvalue weighted by Crippen LogP contribution is 2.23. The summed E-state index contributed by atoms with van der Waals surface area (Å²) in [7, 11) is 1.57. The predicted molar refractivity (Wildman–Crippen MR) is 81.4 cm³/mol. The van der Waals surface area contributed by atoms with E-state index in [1.54, 1.807) is 7.11 Å². The summed E-state index contributed by atoms with van der Waals surface area (Å²) in [6.45, 7) is 9.62. The Balaban J connectivity index is 2.92. The number of methoxy groups -OCH3 is 1. The van der Waals surface area contributed by atoms with Crippen LogP contribution in [0, 0.1) is 6.92 Å². The monoisotopic (exact) mass is 282 g/mol. The number of aromatic nitrogens is 2. The van der Waals surface area contributed by atoms with E-state index in [0.29, 0.717) is 13.2 Å². The fourth-order valence-corrected chi connectivity index (χ4v) is 1.77. The van der Waals surface area contributed by atoms with Crippen LogP contribution in [0.4, 0.5) is 11.6 Å². The van der Waals surface area contributed by atoms with Gasteiger partial charge in [-0.05, 0) is 13.8 Å². The number of ether oxygens (including phenoxy) is 1. The Hall–Kier alpha value is -1.40. The number of rotatable bonds is 8. The van der Waals surface area contributed by atoms with E-state index in [4.69, 9.17) is 4.74 Å². The molecule has 1 rings (SSSR count). The van der Waals surface area contributed by atoms with Crippen molar-refractivity contribution in [2.45, 2.75) is 39.7 Å². The minimum atomic E-state index is -0.556. The van der Waals surface area contributed by atoms with E-state index in [9.17, 15) is 5.11 Å². The van der Waals surface area contributed by atoms with E-state index in [1.165, 1.54) is 0 Å². The molecule has 0 fully saturated rings.